The highest BCUT2D eigenvalue weighted by Crippen LogP contribution is 2.38. The first-order valence-electron chi connectivity index (χ1n) is 6.19. The van der Waals surface area contributed by atoms with Crippen molar-refractivity contribution < 1.29 is 4.92 Å². The molecule has 0 saturated heterocycles. The Morgan fingerprint density at radius 2 is 2.00 bits per heavy atom. The Morgan fingerprint density at radius 1 is 1.29 bits per heavy atom. The molecule has 0 aliphatic carbocycles. The van der Waals surface area contributed by atoms with Crippen LogP contribution in [0.5, 0.6) is 0 Å². The fourth-order valence-corrected chi connectivity index (χ4v) is 2.92. The molecule has 0 amide bonds. The highest BCUT2D eigenvalue weighted by atomic mass is 32.1. The van der Waals surface area contributed by atoms with Gasteiger partial charge in [-0.05, 0) is 23.6 Å². The number of hydrogen-bond donors (Lipinski definition) is 1. The maximum Gasteiger partial charge on any atom is 0.269 e. The van der Waals surface area contributed by atoms with E-state index < -0.39 is 4.92 Å². The number of nitrogens with zero attached hydrogens (tertiary/aromatic N) is 3. The van der Waals surface area contributed by atoms with E-state index in [9.17, 15) is 10.1 Å². The molecule has 21 heavy (non-hydrogen) atoms. The predicted molar refractivity (Wildman–Crippen MR) is 83.0 cm³/mol. The predicted octanol–water partition coefficient (Wildman–Crippen LogP) is 3.31. The average Bonchev–Trinajstić information content (AvgIpc) is 3.08. The number of rotatable bonds is 3. The fraction of sp³-hybridized carbons (Fsp3) is 0.0714. The van der Waals surface area contributed by atoms with E-state index in [1.807, 2.05) is 17.5 Å². The molecule has 7 heteroatoms. The number of hydrogen-bond acceptors (Lipinski definition) is 5. The van der Waals surface area contributed by atoms with Crippen molar-refractivity contribution in [1.29, 1.82) is 0 Å². The first kappa shape index (κ1) is 13.3. The van der Waals surface area contributed by atoms with Gasteiger partial charge in [0.1, 0.15) is 11.5 Å². The number of nitrogens with two attached hydrogens (primary N) is 1. The minimum absolute atomic E-state index is 0.0559. The zero-order chi connectivity index (χ0) is 15.0. The van der Waals surface area contributed by atoms with Crippen molar-refractivity contribution in [1.82, 2.24) is 9.78 Å². The lowest BCUT2D eigenvalue weighted by atomic mass is 10.1. The van der Waals surface area contributed by atoms with Crippen molar-refractivity contribution in [2.45, 2.75) is 0 Å². The molecule has 2 N–H and O–H groups in total. The van der Waals surface area contributed by atoms with Crippen molar-refractivity contribution in [2.24, 2.45) is 7.05 Å². The second-order valence-corrected chi connectivity index (χ2v) is 5.46. The zero-order valence-corrected chi connectivity index (χ0v) is 12.0. The number of nitro benzene ring substituents is 1. The Bertz CT molecular complexity index is 791. The molecular formula is C14H12N4O2S. The van der Waals surface area contributed by atoms with E-state index in [0.717, 1.165) is 21.7 Å². The van der Waals surface area contributed by atoms with E-state index in [1.54, 1.807) is 35.2 Å². The molecule has 3 aromatic rings. The minimum atomic E-state index is -0.420. The van der Waals surface area contributed by atoms with Crippen LogP contribution in [-0.2, 0) is 7.05 Å². The molecule has 0 radical (unpaired) electrons. The van der Waals surface area contributed by atoms with Gasteiger partial charge in [-0.2, -0.15) is 5.10 Å². The van der Waals surface area contributed by atoms with E-state index in [1.165, 1.54) is 12.1 Å². The molecule has 6 nitrogen and oxygen atoms in total. The normalized spacial score (nSPS) is 10.7. The topological polar surface area (TPSA) is 87.0 Å². The van der Waals surface area contributed by atoms with Gasteiger partial charge >= 0.3 is 0 Å². The zero-order valence-electron chi connectivity index (χ0n) is 11.2. The summed E-state index contributed by atoms with van der Waals surface area (Å²) in [6.45, 7) is 0. The summed E-state index contributed by atoms with van der Waals surface area (Å²) in [6.07, 6.45) is 0. The Labute approximate surface area is 124 Å². The number of aromatic nitrogens is 2. The largest absolute Gasteiger partial charge is 0.383 e. The Hall–Kier alpha value is -2.67. The van der Waals surface area contributed by atoms with Crippen molar-refractivity contribution in [3.63, 3.8) is 0 Å². The molecule has 0 atom stereocenters. The molecule has 0 spiro atoms. The van der Waals surface area contributed by atoms with Gasteiger partial charge in [-0.1, -0.05) is 6.07 Å². The third-order valence-electron chi connectivity index (χ3n) is 3.21. The molecule has 0 bridgehead atoms. The van der Waals surface area contributed by atoms with Crippen LogP contribution in [-0.4, -0.2) is 14.7 Å². The number of non-ortho nitro benzene ring substituents is 1. The van der Waals surface area contributed by atoms with Crippen LogP contribution in [0.1, 0.15) is 0 Å². The molecule has 0 saturated carbocycles. The van der Waals surface area contributed by atoms with Gasteiger partial charge in [-0.3, -0.25) is 14.8 Å². The van der Waals surface area contributed by atoms with Gasteiger partial charge in [-0.15, -0.1) is 11.3 Å². The molecule has 1 aromatic carbocycles. The third kappa shape index (κ3) is 2.27. The Kier molecular flexibility index (Phi) is 3.19. The summed E-state index contributed by atoms with van der Waals surface area (Å²) in [5.41, 5.74) is 8.56. The SMILES string of the molecule is Cn1nc(-c2ccc([N+](=O)[O-])cc2)c(-c2cccs2)c1N. The molecular weight excluding hydrogens is 288 g/mol. The molecule has 106 valence electrons. The van der Waals surface area contributed by atoms with E-state index in [0.29, 0.717) is 5.82 Å². The molecule has 0 fully saturated rings. The number of anilines is 1. The highest BCUT2D eigenvalue weighted by molar-refractivity contribution is 7.13. The van der Waals surface area contributed by atoms with Crippen LogP contribution in [0.3, 0.4) is 0 Å². The lowest BCUT2D eigenvalue weighted by molar-refractivity contribution is -0.384. The standard InChI is InChI=1S/C14H12N4O2S/c1-17-14(15)12(11-3-2-8-21-11)13(16-17)9-4-6-10(7-5-9)18(19)20/h2-8H,15H2,1H3. The lowest BCUT2D eigenvalue weighted by Gasteiger charge is -2.01. The average molecular weight is 300 g/mol. The van der Waals surface area contributed by atoms with Gasteiger partial charge in [0.15, 0.2) is 0 Å². The van der Waals surface area contributed by atoms with Gasteiger partial charge in [0.05, 0.1) is 10.5 Å². The molecule has 2 heterocycles. The summed E-state index contributed by atoms with van der Waals surface area (Å²) < 4.78 is 1.62. The molecule has 3 rings (SSSR count). The number of thiophene rings is 1. The van der Waals surface area contributed by atoms with Crippen LogP contribution in [0, 0.1) is 10.1 Å². The monoisotopic (exact) mass is 300 g/mol. The van der Waals surface area contributed by atoms with Gasteiger partial charge < -0.3 is 5.73 Å². The van der Waals surface area contributed by atoms with Crippen molar-refractivity contribution in [3.8, 4) is 21.7 Å². The minimum Gasteiger partial charge on any atom is -0.383 e. The second kappa shape index (κ2) is 5.02. The van der Waals surface area contributed by atoms with E-state index >= 15 is 0 Å². The number of nitro groups is 1. The number of benzene rings is 1. The maximum atomic E-state index is 10.7. The lowest BCUT2D eigenvalue weighted by Crippen LogP contribution is -1.97. The van der Waals surface area contributed by atoms with Crippen molar-refractivity contribution in [2.75, 3.05) is 5.73 Å². The first-order valence-corrected chi connectivity index (χ1v) is 7.07. The summed E-state index contributed by atoms with van der Waals surface area (Å²) in [6, 6.07) is 10.3. The highest BCUT2D eigenvalue weighted by Gasteiger charge is 2.18. The van der Waals surface area contributed by atoms with E-state index in [-0.39, 0.29) is 5.69 Å². The molecule has 0 aliphatic rings. The van der Waals surface area contributed by atoms with Crippen LogP contribution >= 0.6 is 11.3 Å². The fourth-order valence-electron chi connectivity index (χ4n) is 2.14. The molecule has 0 unspecified atom stereocenters. The van der Waals surface area contributed by atoms with Crippen LogP contribution in [0.15, 0.2) is 41.8 Å². The Morgan fingerprint density at radius 3 is 2.57 bits per heavy atom. The van der Waals surface area contributed by atoms with Crippen LogP contribution < -0.4 is 5.73 Å². The third-order valence-corrected chi connectivity index (χ3v) is 4.10. The first-order chi connectivity index (χ1) is 10.1. The summed E-state index contributed by atoms with van der Waals surface area (Å²) in [5.74, 6) is 0.575. The van der Waals surface area contributed by atoms with E-state index in [4.69, 9.17) is 5.73 Å². The summed E-state index contributed by atoms with van der Waals surface area (Å²) in [4.78, 5) is 11.3. The summed E-state index contributed by atoms with van der Waals surface area (Å²) in [7, 11) is 1.78. The smallest absolute Gasteiger partial charge is 0.269 e. The van der Waals surface area contributed by atoms with Gasteiger partial charge in [0, 0.05) is 29.6 Å². The quantitative estimate of drug-likeness (QED) is 0.594. The number of nitrogen functional groups attached to an aromatic ring is 1. The van der Waals surface area contributed by atoms with Crippen molar-refractivity contribution >= 4 is 22.8 Å². The number of aryl methyl sites for hydroxylation is 1. The van der Waals surface area contributed by atoms with Gasteiger partial charge in [-0.25, -0.2) is 0 Å². The summed E-state index contributed by atoms with van der Waals surface area (Å²) in [5, 5.41) is 17.1. The van der Waals surface area contributed by atoms with Gasteiger partial charge in [0.25, 0.3) is 5.69 Å². The van der Waals surface area contributed by atoms with Crippen LogP contribution in [0.4, 0.5) is 11.5 Å². The van der Waals surface area contributed by atoms with Gasteiger partial charge in [0.2, 0.25) is 0 Å². The van der Waals surface area contributed by atoms with E-state index in [2.05, 4.69) is 5.10 Å². The van der Waals surface area contributed by atoms with Crippen LogP contribution in [0.2, 0.25) is 0 Å². The van der Waals surface area contributed by atoms with Crippen molar-refractivity contribution in [3.05, 3.63) is 51.9 Å². The van der Waals surface area contributed by atoms with Crippen LogP contribution in [0.25, 0.3) is 21.7 Å². The second-order valence-electron chi connectivity index (χ2n) is 4.51. The molecule has 0 aliphatic heterocycles. The summed E-state index contributed by atoms with van der Waals surface area (Å²) >= 11 is 1.58. The Balaban J connectivity index is 2.14. The maximum absolute atomic E-state index is 10.7. The molecule has 2 aromatic heterocycles.